The summed E-state index contributed by atoms with van der Waals surface area (Å²) in [7, 11) is 0. The number of benzene rings is 2. The van der Waals surface area contributed by atoms with Gasteiger partial charge in [0.05, 0.1) is 16.6 Å². The molecule has 4 aliphatic rings. The molecule has 0 amide bonds. The maximum atomic E-state index is 16.8. The third kappa shape index (κ3) is 4.32. The Balaban J connectivity index is 1.30. The molecule has 2 aromatic heterocycles. The van der Waals surface area contributed by atoms with E-state index in [2.05, 4.69) is 22.0 Å². The van der Waals surface area contributed by atoms with Gasteiger partial charge in [-0.25, -0.2) is 13.8 Å². The zero-order valence-corrected chi connectivity index (χ0v) is 24.3. The lowest BCUT2D eigenvalue weighted by Gasteiger charge is -2.42. The molecule has 4 atom stereocenters. The summed E-state index contributed by atoms with van der Waals surface area (Å²) < 4.78 is 37.6. The van der Waals surface area contributed by atoms with Crippen molar-refractivity contribution in [2.75, 3.05) is 37.7 Å². The third-order valence-corrected chi connectivity index (χ3v) is 10.2. The van der Waals surface area contributed by atoms with Gasteiger partial charge in [-0.3, -0.25) is 4.90 Å². The molecule has 4 aromatic rings. The van der Waals surface area contributed by atoms with Crippen molar-refractivity contribution in [3.63, 3.8) is 0 Å². The van der Waals surface area contributed by atoms with Gasteiger partial charge in [-0.1, -0.05) is 31.2 Å². The van der Waals surface area contributed by atoms with E-state index in [1.54, 1.807) is 12.1 Å². The van der Waals surface area contributed by atoms with Crippen LogP contribution in [0.25, 0.3) is 32.9 Å². The molecular formula is C33H36F2N6O2. The molecule has 0 aliphatic carbocycles. The van der Waals surface area contributed by atoms with Crippen molar-refractivity contribution in [2.24, 2.45) is 0 Å². The summed E-state index contributed by atoms with van der Waals surface area (Å²) >= 11 is 0. The number of anilines is 1. The lowest BCUT2D eigenvalue weighted by molar-refractivity contribution is 0.107. The minimum absolute atomic E-state index is 0.0466. The Morgan fingerprint density at radius 2 is 2.05 bits per heavy atom. The van der Waals surface area contributed by atoms with Gasteiger partial charge in [0, 0.05) is 43.7 Å². The molecule has 43 heavy (non-hydrogen) atoms. The van der Waals surface area contributed by atoms with Crippen LogP contribution in [0.15, 0.2) is 36.4 Å². The van der Waals surface area contributed by atoms with Crippen LogP contribution in [0.3, 0.4) is 0 Å². The number of nitrogens with zero attached hydrogens (tertiary/aromatic N) is 5. The van der Waals surface area contributed by atoms with Gasteiger partial charge in [0.2, 0.25) is 0 Å². The predicted molar refractivity (Wildman–Crippen MR) is 162 cm³/mol. The lowest BCUT2D eigenvalue weighted by atomic mass is 9.95. The van der Waals surface area contributed by atoms with Crippen LogP contribution in [0.1, 0.15) is 44.7 Å². The molecular weight excluding hydrogens is 550 g/mol. The highest BCUT2D eigenvalue weighted by Gasteiger charge is 2.49. The standard InChI is InChI=1S/C33H36F2N6O2/c1-2-24-26-9-8-25-27-30(28(35)29(37-25)23-15-21(42)14-19-6-3-4-7-22(19)23)38-32(39-31(27)41(26)13-11-36-24)43-18-33-10-5-12-40(33)17-20(34)16-33/h3-4,6-7,14-15,20,24,26,36,42H,2,5,8-13,16-18H2,1H3/t20-,24+,26-,33+/m1/s1. The largest absolute Gasteiger partial charge is 0.508 e. The van der Waals surface area contributed by atoms with Crippen LogP contribution in [0, 0.1) is 5.82 Å². The Bertz CT molecular complexity index is 1740. The number of alkyl halides is 1. The van der Waals surface area contributed by atoms with Gasteiger partial charge in [-0.2, -0.15) is 9.97 Å². The number of hydrogen-bond acceptors (Lipinski definition) is 8. The first-order chi connectivity index (χ1) is 20.9. The number of halogens is 2. The summed E-state index contributed by atoms with van der Waals surface area (Å²) in [4.78, 5) is 19.1. The molecule has 6 heterocycles. The van der Waals surface area contributed by atoms with Crippen molar-refractivity contribution in [2.45, 2.75) is 69.2 Å². The number of rotatable bonds is 5. The van der Waals surface area contributed by atoms with Crippen molar-refractivity contribution < 1.29 is 18.6 Å². The molecule has 0 spiro atoms. The summed E-state index contributed by atoms with van der Waals surface area (Å²) in [5.74, 6) is 0.145. The zero-order chi connectivity index (χ0) is 29.3. The van der Waals surface area contributed by atoms with Crippen LogP contribution >= 0.6 is 0 Å². The van der Waals surface area contributed by atoms with Gasteiger partial charge in [-0.05, 0) is 61.6 Å². The van der Waals surface area contributed by atoms with E-state index in [-0.39, 0.29) is 47.2 Å². The van der Waals surface area contributed by atoms with Crippen molar-refractivity contribution in [1.82, 2.24) is 25.2 Å². The minimum Gasteiger partial charge on any atom is -0.508 e. The van der Waals surface area contributed by atoms with E-state index in [1.165, 1.54) is 0 Å². The third-order valence-electron chi connectivity index (χ3n) is 10.2. The highest BCUT2D eigenvalue weighted by Crippen LogP contribution is 2.43. The number of ether oxygens (including phenoxy) is 1. The Morgan fingerprint density at radius 1 is 1.16 bits per heavy atom. The fourth-order valence-electron chi connectivity index (χ4n) is 8.19. The molecule has 224 valence electrons. The van der Waals surface area contributed by atoms with E-state index in [0.29, 0.717) is 36.2 Å². The summed E-state index contributed by atoms with van der Waals surface area (Å²) in [5.41, 5.74) is 1.23. The van der Waals surface area contributed by atoms with Crippen LogP contribution in [0.2, 0.25) is 0 Å². The number of pyridine rings is 1. The number of nitrogens with one attached hydrogen (secondary N) is 1. The monoisotopic (exact) mass is 586 g/mol. The van der Waals surface area contributed by atoms with Gasteiger partial charge in [-0.15, -0.1) is 0 Å². The molecule has 8 nitrogen and oxygen atoms in total. The van der Waals surface area contributed by atoms with Gasteiger partial charge >= 0.3 is 6.01 Å². The van der Waals surface area contributed by atoms with Crippen molar-refractivity contribution in [1.29, 1.82) is 0 Å². The van der Waals surface area contributed by atoms with Crippen molar-refractivity contribution >= 4 is 27.5 Å². The molecule has 0 bridgehead atoms. The second kappa shape index (κ2) is 10.2. The Kier molecular flexibility index (Phi) is 6.41. The maximum absolute atomic E-state index is 16.8. The molecule has 2 aromatic carbocycles. The number of phenols is 1. The fraction of sp³-hybridized carbons (Fsp3) is 0.485. The Labute approximate surface area is 249 Å². The molecule has 8 rings (SSSR count). The van der Waals surface area contributed by atoms with E-state index in [0.717, 1.165) is 61.8 Å². The highest BCUT2D eigenvalue weighted by atomic mass is 19.1. The molecule has 0 saturated carbocycles. The van der Waals surface area contributed by atoms with Gasteiger partial charge in [0.25, 0.3) is 0 Å². The lowest BCUT2D eigenvalue weighted by Crippen LogP contribution is -2.58. The summed E-state index contributed by atoms with van der Waals surface area (Å²) in [6.07, 6.45) is 3.87. The first kappa shape index (κ1) is 27.0. The number of aromatic hydroxyl groups is 1. The van der Waals surface area contributed by atoms with E-state index >= 15 is 4.39 Å². The predicted octanol–water partition coefficient (Wildman–Crippen LogP) is 5.15. The van der Waals surface area contributed by atoms with Crippen molar-refractivity contribution in [3.05, 3.63) is 47.9 Å². The van der Waals surface area contributed by atoms with Crippen LogP contribution in [-0.2, 0) is 6.42 Å². The number of phenolic OH excluding ortho intramolecular Hbond substituents is 1. The van der Waals surface area contributed by atoms with E-state index in [4.69, 9.17) is 19.7 Å². The number of fused-ring (bicyclic) bond motifs is 4. The average Bonchev–Trinajstić information content (AvgIpc) is 3.48. The zero-order valence-electron chi connectivity index (χ0n) is 24.3. The van der Waals surface area contributed by atoms with Crippen molar-refractivity contribution in [3.8, 4) is 23.0 Å². The normalized spacial score (nSPS) is 27.0. The SMILES string of the molecule is CC[C@@H]1NCCN2c3nc(OC[C@@]45CCCN4C[C@H](F)C5)nc4c(F)c(-c5cc(O)cc6ccccc56)nc(c34)CC[C@H]12. The number of aromatic nitrogens is 3. The molecule has 3 saturated heterocycles. The summed E-state index contributed by atoms with van der Waals surface area (Å²) in [6, 6.07) is 11.4. The Morgan fingerprint density at radius 3 is 2.93 bits per heavy atom. The molecule has 0 radical (unpaired) electrons. The van der Waals surface area contributed by atoms with Crippen LogP contribution in [-0.4, -0.2) is 81.5 Å². The molecule has 3 fully saturated rings. The van der Waals surface area contributed by atoms with E-state index < -0.39 is 12.0 Å². The molecule has 4 aliphatic heterocycles. The van der Waals surface area contributed by atoms with Gasteiger partial charge in [0.1, 0.15) is 35.6 Å². The minimum atomic E-state index is -0.871. The van der Waals surface area contributed by atoms with Crippen LogP contribution < -0.4 is 15.0 Å². The second-order valence-corrected chi connectivity index (χ2v) is 12.6. The van der Waals surface area contributed by atoms with Crippen LogP contribution in [0.4, 0.5) is 14.6 Å². The topological polar surface area (TPSA) is 86.6 Å². The molecule has 0 unspecified atom stereocenters. The molecule has 2 N–H and O–H groups in total. The first-order valence-corrected chi connectivity index (χ1v) is 15.6. The summed E-state index contributed by atoms with van der Waals surface area (Å²) in [5, 5.41) is 16.5. The van der Waals surface area contributed by atoms with E-state index in [9.17, 15) is 9.50 Å². The first-order valence-electron chi connectivity index (χ1n) is 15.6. The quantitative estimate of drug-likeness (QED) is 0.332. The number of aryl methyl sites for hydroxylation is 1. The van der Waals surface area contributed by atoms with E-state index in [1.807, 2.05) is 24.3 Å². The highest BCUT2D eigenvalue weighted by molar-refractivity contribution is 6.01. The Hall–Kier alpha value is -3.63. The number of hydrogen-bond donors (Lipinski definition) is 2. The smallest absolute Gasteiger partial charge is 0.319 e. The van der Waals surface area contributed by atoms with Gasteiger partial charge < -0.3 is 20.1 Å². The fourth-order valence-corrected chi connectivity index (χ4v) is 8.19. The second-order valence-electron chi connectivity index (χ2n) is 12.6. The summed E-state index contributed by atoms with van der Waals surface area (Å²) in [6.45, 7) is 5.26. The average molecular weight is 587 g/mol. The molecule has 10 heteroatoms. The number of piperazine rings is 1. The maximum Gasteiger partial charge on any atom is 0.319 e. The van der Waals surface area contributed by atoms with Gasteiger partial charge in [0.15, 0.2) is 5.82 Å². The van der Waals surface area contributed by atoms with Crippen LogP contribution in [0.5, 0.6) is 11.8 Å².